The monoisotopic (exact) mass is 182 g/mol. The second kappa shape index (κ2) is 4.97. The lowest BCUT2D eigenvalue weighted by Gasteiger charge is -2.07. The molecular formula is C9H18N4. The van der Waals surface area contributed by atoms with Gasteiger partial charge in [0.2, 0.25) is 0 Å². The van der Waals surface area contributed by atoms with E-state index < -0.39 is 0 Å². The predicted octanol–water partition coefficient (Wildman–Crippen LogP) is 0.838. The number of aryl methyl sites for hydroxylation is 1. The van der Waals surface area contributed by atoms with Crippen molar-refractivity contribution in [2.24, 2.45) is 0 Å². The highest BCUT2D eigenvalue weighted by Gasteiger charge is 2.01. The van der Waals surface area contributed by atoms with Crippen molar-refractivity contribution in [2.45, 2.75) is 39.8 Å². The van der Waals surface area contributed by atoms with Crippen molar-refractivity contribution < 1.29 is 0 Å². The molecule has 0 aliphatic carbocycles. The topological polar surface area (TPSA) is 42.7 Å². The summed E-state index contributed by atoms with van der Waals surface area (Å²) >= 11 is 0. The van der Waals surface area contributed by atoms with Gasteiger partial charge in [0.25, 0.3) is 0 Å². The van der Waals surface area contributed by atoms with Crippen molar-refractivity contribution in [1.29, 1.82) is 0 Å². The lowest BCUT2D eigenvalue weighted by molar-refractivity contribution is 0.555. The third-order valence-corrected chi connectivity index (χ3v) is 1.90. The molecule has 0 amide bonds. The molecule has 1 aromatic heterocycles. The van der Waals surface area contributed by atoms with E-state index in [0.29, 0.717) is 6.04 Å². The van der Waals surface area contributed by atoms with Gasteiger partial charge in [-0.25, -0.2) is 4.98 Å². The van der Waals surface area contributed by atoms with Gasteiger partial charge in [0.1, 0.15) is 12.2 Å². The van der Waals surface area contributed by atoms with Gasteiger partial charge in [-0.3, -0.25) is 4.68 Å². The first-order chi connectivity index (χ1) is 6.24. The normalized spacial score (nSPS) is 11.1. The first-order valence-electron chi connectivity index (χ1n) is 4.84. The van der Waals surface area contributed by atoms with Gasteiger partial charge >= 0.3 is 0 Å². The average molecular weight is 182 g/mol. The van der Waals surface area contributed by atoms with E-state index in [1.807, 2.05) is 4.68 Å². The van der Waals surface area contributed by atoms with Crippen LogP contribution in [0.4, 0.5) is 0 Å². The first-order valence-corrected chi connectivity index (χ1v) is 4.84. The molecule has 0 spiro atoms. The predicted molar refractivity (Wildman–Crippen MR) is 52.5 cm³/mol. The second-order valence-corrected chi connectivity index (χ2v) is 3.35. The number of hydrogen-bond donors (Lipinski definition) is 1. The summed E-state index contributed by atoms with van der Waals surface area (Å²) in [6, 6.07) is 0.540. The van der Waals surface area contributed by atoms with E-state index in [2.05, 4.69) is 36.2 Å². The summed E-state index contributed by atoms with van der Waals surface area (Å²) in [4.78, 5) is 4.20. The van der Waals surface area contributed by atoms with Crippen LogP contribution in [0.5, 0.6) is 0 Å². The van der Waals surface area contributed by atoms with E-state index in [4.69, 9.17) is 0 Å². The Morgan fingerprint density at radius 1 is 1.54 bits per heavy atom. The van der Waals surface area contributed by atoms with Gasteiger partial charge < -0.3 is 5.32 Å². The summed E-state index contributed by atoms with van der Waals surface area (Å²) in [5, 5.41) is 7.46. The standard InChI is InChI=1S/C9H18N4/c1-4-13-9(11-7-12-13)5-6-10-8(2)3/h7-8,10H,4-6H2,1-3H3. The van der Waals surface area contributed by atoms with Crippen LogP contribution < -0.4 is 5.32 Å². The number of aromatic nitrogens is 3. The SMILES string of the molecule is CCn1ncnc1CCNC(C)C. The first kappa shape index (κ1) is 10.2. The zero-order valence-corrected chi connectivity index (χ0v) is 8.62. The van der Waals surface area contributed by atoms with Crippen molar-refractivity contribution in [3.8, 4) is 0 Å². The Morgan fingerprint density at radius 3 is 2.92 bits per heavy atom. The smallest absolute Gasteiger partial charge is 0.138 e. The fraction of sp³-hybridized carbons (Fsp3) is 0.778. The van der Waals surface area contributed by atoms with Gasteiger partial charge in [0.05, 0.1) is 0 Å². The molecule has 74 valence electrons. The fourth-order valence-electron chi connectivity index (χ4n) is 1.22. The molecule has 0 fully saturated rings. The van der Waals surface area contributed by atoms with Crippen LogP contribution in [-0.2, 0) is 13.0 Å². The minimum Gasteiger partial charge on any atom is -0.314 e. The number of nitrogens with zero attached hydrogens (tertiary/aromatic N) is 3. The van der Waals surface area contributed by atoms with Gasteiger partial charge in [-0.2, -0.15) is 5.10 Å². The van der Waals surface area contributed by atoms with Crippen LogP contribution in [0.1, 0.15) is 26.6 Å². The summed E-state index contributed by atoms with van der Waals surface area (Å²) in [7, 11) is 0. The minimum absolute atomic E-state index is 0.540. The van der Waals surface area contributed by atoms with Crippen LogP contribution in [0, 0.1) is 0 Å². The van der Waals surface area contributed by atoms with E-state index in [9.17, 15) is 0 Å². The van der Waals surface area contributed by atoms with E-state index in [0.717, 1.165) is 25.3 Å². The molecule has 0 unspecified atom stereocenters. The Morgan fingerprint density at radius 2 is 2.31 bits per heavy atom. The Hall–Kier alpha value is -0.900. The molecule has 4 heteroatoms. The van der Waals surface area contributed by atoms with Gasteiger partial charge in [-0.15, -0.1) is 0 Å². The highest BCUT2D eigenvalue weighted by atomic mass is 15.3. The maximum Gasteiger partial charge on any atom is 0.138 e. The van der Waals surface area contributed by atoms with Crippen LogP contribution in [-0.4, -0.2) is 27.4 Å². The third kappa shape index (κ3) is 3.14. The van der Waals surface area contributed by atoms with Gasteiger partial charge in [0, 0.05) is 25.6 Å². The molecule has 1 aromatic rings. The zero-order chi connectivity index (χ0) is 9.68. The van der Waals surface area contributed by atoms with E-state index >= 15 is 0 Å². The summed E-state index contributed by atoms with van der Waals surface area (Å²) in [6.07, 6.45) is 2.57. The lowest BCUT2D eigenvalue weighted by Crippen LogP contribution is -2.25. The molecule has 0 atom stereocenters. The maximum absolute atomic E-state index is 4.20. The second-order valence-electron chi connectivity index (χ2n) is 3.35. The third-order valence-electron chi connectivity index (χ3n) is 1.90. The van der Waals surface area contributed by atoms with Crippen LogP contribution in [0.25, 0.3) is 0 Å². The Bertz CT molecular complexity index is 242. The highest BCUT2D eigenvalue weighted by molar-refractivity contribution is 4.85. The Labute approximate surface area is 79.4 Å². The van der Waals surface area contributed by atoms with Crippen molar-refractivity contribution in [1.82, 2.24) is 20.1 Å². The van der Waals surface area contributed by atoms with E-state index in [1.54, 1.807) is 6.33 Å². The van der Waals surface area contributed by atoms with E-state index in [-0.39, 0.29) is 0 Å². The van der Waals surface area contributed by atoms with Gasteiger partial charge in [-0.1, -0.05) is 13.8 Å². The van der Waals surface area contributed by atoms with Crippen LogP contribution in [0.3, 0.4) is 0 Å². The number of nitrogens with one attached hydrogen (secondary N) is 1. The molecule has 0 saturated carbocycles. The molecule has 0 aromatic carbocycles. The molecule has 1 heterocycles. The number of hydrogen-bond acceptors (Lipinski definition) is 3. The quantitative estimate of drug-likeness (QED) is 0.733. The molecule has 0 bridgehead atoms. The molecule has 0 saturated heterocycles. The van der Waals surface area contributed by atoms with Crippen LogP contribution in [0.15, 0.2) is 6.33 Å². The summed E-state index contributed by atoms with van der Waals surface area (Å²) in [5.41, 5.74) is 0. The van der Waals surface area contributed by atoms with Gasteiger partial charge in [0.15, 0.2) is 0 Å². The molecule has 0 aliphatic rings. The molecule has 1 N–H and O–H groups in total. The highest BCUT2D eigenvalue weighted by Crippen LogP contribution is 1.94. The lowest BCUT2D eigenvalue weighted by atomic mass is 10.3. The van der Waals surface area contributed by atoms with E-state index in [1.165, 1.54) is 0 Å². The molecule has 13 heavy (non-hydrogen) atoms. The largest absolute Gasteiger partial charge is 0.314 e. The molecule has 0 aliphatic heterocycles. The summed E-state index contributed by atoms with van der Waals surface area (Å²) in [5.74, 6) is 1.07. The van der Waals surface area contributed by atoms with Crippen LogP contribution >= 0.6 is 0 Å². The Balaban J connectivity index is 2.36. The van der Waals surface area contributed by atoms with Crippen LogP contribution in [0.2, 0.25) is 0 Å². The summed E-state index contributed by atoms with van der Waals surface area (Å²) < 4.78 is 1.93. The van der Waals surface area contributed by atoms with Crippen molar-refractivity contribution in [3.63, 3.8) is 0 Å². The summed E-state index contributed by atoms with van der Waals surface area (Å²) in [6.45, 7) is 8.23. The average Bonchev–Trinajstić information content (AvgIpc) is 2.51. The molecule has 1 rings (SSSR count). The Kier molecular flexibility index (Phi) is 3.89. The number of rotatable bonds is 5. The zero-order valence-electron chi connectivity index (χ0n) is 8.62. The maximum atomic E-state index is 4.20. The molecule has 0 radical (unpaired) electrons. The van der Waals surface area contributed by atoms with Crippen molar-refractivity contribution >= 4 is 0 Å². The molecule has 4 nitrogen and oxygen atoms in total. The minimum atomic E-state index is 0.540. The molecular weight excluding hydrogens is 164 g/mol. The fourth-order valence-corrected chi connectivity index (χ4v) is 1.22. The van der Waals surface area contributed by atoms with Crippen molar-refractivity contribution in [2.75, 3.05) is 6.54 Å². The van der Waals surface area contributed by atoms with Gasteiger partial charge in [-0.05, 0) is 6.92 Å². The van der Waals surface area contributed by atoms with Crippen molar-refractivity contribution in [3.05, 3.63) is 12.2 Å².